The van der Waals surface area contributed by atoms with Crippen LogP contribution in [-0.4, -0.2) is 42.0 Å². The van der Waals surface area contributed by atoms with Crippen molar-refractivity contribution >= 4 is 27.6 Å². The Labute approximate surface area is 201 Å². The molecule has 4 atom stereocenters. The molecule has 2 bridgehead atoms. The molecule has 2 aliphatic heterocycles. The van der Waals surface area contributed by atoms with Crippen LogP contribution in [-0.2, 0) is 29.7 Å². The van der Waals surface area contributed by atoms with Crippen molar-refractivity contribution in [3.05, 3.63) is 62.6 Å². The third-order valence-corrected chi connectivity index (χ3v) is 8.70. The SMILES string of the molecule is O=C(NCCc1ccc(Br)cc1)c1c(CO)cc2c3c1C[C@H]1NCC[C@@]34[C@@H](O2)C(=O)CC[C@@H]14. The molecule has 33 heavy (non-hydrogen) atoms. The molecule has 7 heteroatoms. The largest absolute Gasteiger partial charge is 0.481 e. The number of nitrogens with one attached hydrogen (secondary N) is 2. The van der Waals surface area contributed by atoms with Gasteiger partial charge in [0.25, 0.3) is 5.91 Å². The summed E-state index contributed by atoms with van der Waals surface area (Å²) >= 11 is 3.45. The van der Waals surface area contributed by atoms with Gasteiger partial charge in [0.05, 0.1) is 6.61 Å². The number of Topliss-reactive ketones (excluding diaryl/α,β-unsaturated/α-hetero) is 1. The molecule has 6 rings (SSSR count). The summed E-state index contributed by atoms with van der Waals surface area (Å²) in [7, 11) is 0. The van der Waals surface area contributed by atoms with Gasteiger partial charge in [0.1, 0.15) is 5.75 Å². The highest BCUT2D eigenvalue weighted by atomic mass is 79.9. The summed E-state index contributed by atoms with van der Waals surface area (Å²) in [5.41, 5.74) is 3.98. The zero-order valence-electron chi connectivity index (χ0n) is 18.3. The molecule has 2 aromatic carbocycles. The van der Waals surface area contributed by atoms with Crippen molar-refractivity contribution in [2.45, 2.75) is 56.3 Å². The first-order valence-electron chi connectivity index (χ1n) is 11.8. The highest BCUT2D eigenvalue weighted by Gasteiger charge is 2.64. The number of ether oxygens (including phenoxy) is 1. The number of carbonyl (C=O) groups excluding carboxylic acids is 2. The van der Waals surface area contributed by atoms with Gasteiger partial charge < -0.3 is 20.5 Å². The molecule has 4 aliphatic rings. The lowest BCUT2D eigenvalue weighted by Crippen LogP contribution is -2.65. The van der Waals surface area contributed by atoms with Gasteiger partial charge >= 0.3 is 0 Å². The molecule has 172 valence electrons. The first-order chi connectivity index (χ1) is 16.0. The van der Waals surface area contributed by atoms with E-state index < -0.39 is 6.10 Å². The molecule has 0 aromatic heterocycles. The zero-order valence-corrected chi connectivity index (χ0v) is 19.9. The summed E-state index contributed by atoms with van der Waals surface area (Å²) in [5, 5.41) is 16.9. The average molecular weight is 511 g/mol. The second-order valence-corrected chi connectivity index (χ2v) is 10.6. The van der Waals surface area contributed by atoms with Crippen molar-refractivity contribution in [2.24, 2.45) is 5.92 Å². The third kappa shape index (κ3) is 3.12. The maximum Gasteiger partial charge on any atom is 0.251 e. The fourth-order valence-corrected chi connectivity index (χ4v) is 7.13. The van der Waals surface area contributed by atoms with Gasteiger partial charge in [-0.1, -0.05) is 28.1 Å². The Morgan fingerprint density at radius 1 is 1.30 bits per heavy atom. The van der Waals surface area contributed by atoms with Crippen LogP contribution < -0.4 is 15.4 Å². The maximum absolute atomic E-state index is 13.4. The van der Waals surface area contributed by atoms with Gasteiger partial charge in [-0.05, 0) is 73.0 Å². The summed E-state index contributed by atoms with van der Waals surface area (Å²) in [6, 6.07) is 10.1. The number of hydrogen-bond acceptors (Lipinski definition) is 5. The van der Waals surface area contributed by atoms with E-state index in [0.29, 0.717) is 35.8 Å². The number of benzene rings is 2. The molecule has 0 unspecified atom stereocenters. The van der Waals surface area contributed by atoms with Crippen molar-refractivity contribution in [2.75, 3.05) is 13.1 Å². The predicted octanol–water partition coefficient (Wildman–Crippen LogP) is 2.81. The van der Waals surface area contributed by atoms with Gasteiger partial charge in [-0.15, -0.1) is 0 Å². The number of piperidine rings is 1. The van der Waals surface area contributed by atoms with Crippen LogP contribution in [0.4, 0.5) is 0 Å². The van der Waals surface area contributed by atoms with Crippen molar-refractivity contribution < 1.29 is 19.4 Å². The van der Waals surface area contributed by atoms with Crippen LogP contribution in [0.2, 0.25) is 0 Å². The summed E-state index contributed by atoms with van der Waals surface area (Å²) in [5.74, 6) is 1.05. The summed E-state index contributed by atoms with van der Waals surface area (Å²) < 4.78 is 7.32. The van der Waals surface area contributed by atoms with Gasteiger partial charge in [0.15, 0.2) is 11.9 Å². The smallest absolute Gasteiger partial charge is 0.251 e. The van der Waals surface area contributed by atoms with E-state index in [1.807, 2.05) is 30.3 Å². The molecule has 2 aliphatic carbocycles. The lowest BCUT2D eigenvalue weighted by molar-refractivity contribution is -0.135. The van der Waals surface area contributed by atoms with Gasteiger partial charge in [-0.3, -0.25) is 9.59 Å². The first kappa shape index (κ1) is 21.3. The molecule has 2 heterocycles. The molecule has 1 saturated carbocycles. The molecular formula is C26H27BrN2O4. The summed E-state index contributed by atoms with van der Waals surface area (Å²) in [6.45, 7) is 1.12. The Balaban J connectivity index is 1.37. The standard InChI is InChI=1S/C26H27BrN2O4/c27-16-3-1-14(2-4-16)7-9-29-25(32)22-15(13-30)11-21-23-17(22)12-19-18-5-6-20(31)24(33-21)26(18,23)8-10-28-19/h1-4,11,18-19,24,28,30H,5-10,12-13H2,(H,29,32)/t18-,19+,24-,26-/m0/s1. The lowest BCUT2D eigenvalue weighted by atomic mass is 9.51. The number of rotatable bonds is 5. The number of aliphatic hydroxyl groups is 1. The van der Waals surface area contributed by atoms with Crippen LogP contribution in [0.25, 0.3) is 0 Å². The Bertz CT molecular complexity index is 1150. The summed E-state index contributed by atoms with van der Waals surface area (Å²) in [6.07, 6.45) is 3.25. The Hall–Kier alpha value is -2.22. The van der Waals surface area contributed by atoms with E-state index in [0.717, 1.165) is 53.4 Å². The van der Waals surface area contributed by atoms with Crippen LogP contribution in [0.3, 0.4) is 0 Å². The van der Waals surface area contributed by atoms with E-state index in [-0.39, 0.29) is 29.8 Å². The average Bonchev–Trinajstić information content (AvgIpc) is 3.14. The quantitative estimate of drug-likeness (QED) is 0.575. The molecule has 2 aromatic rings. The lowest BCUT2D eigenvalue weighted by Gasteiger charge is -2.54. The summed E-state index contributed by atoms with van der Waals surface area (Å²) in [4.78, 5) is 26.4. The molecule has 1 spiro atoms. The van der Waals surface area contributed by atoms with E-state index in [4.69, 9.17) is 4.74 Å². The Morgan fingerprint density at radius 2 is 2.12 bits per heavy atom. The van der Waals surface area contributed by atoms with Crippen molar-refractivity contribution in [3.8, 4) is 5.75 Å². The highest BCUT2D eigenvalue weighted by molar-refractivity contribution is 9.10. The predicted molar refractivity (Wildman–Crippen MR) is 126 cm³/mol. The molecule has 3 N–H and O–H groups in total. The number of ketones is 1. The van der Waals surface area contributed by atoms with E-state index in [1.54, 1.807) is 0 Å². The fraction of sp³-hybridized carbons (Fsp3) is 0.462. The van der Waals surface area contributed by atoms with E-state index in [9.17, 15) is 14.7 Å². The monoisotopic (exact) mass is 510 g/mol. The Kier molecular flexibility index (Phi) is 5.12. The number of hydrogen-bond donors (Lipinski definition) is 3. The van der Waals surface area contributed by atoms with Crippen LogP contribution >= 0.6 is 15.9 Å². The molecule has 6 nitrogen and oxygen atoms in total. The second kappa shape index (κ2) is 7.93. The molecule has 1 saturated heterocycles. The Morgan fingerprint density at radius 3 is 2.91 bits per heavy atom. The van der Waals surface area contributed by atoms with Gasteiger partial charge in [0.2, 0.25) is 0 Å². The number of carbonyl (C=O) groups is 2. The minimum Gasteiger partial charge on any atom is -0.481 e. The highest BCUT2D eigenvalue weighted by Crippen LogP contribution is 2.61. The van der Waals surface area contributed by atoms with Crippen LogP contribution in [0, 0.1) is 5.92 Å². The van der Waals surface area contributed by atoms with Crippen molar-refractivity contribution in [1.82, 2.24) is 10.6 Å². The van der Waals surface area contributed by atoms with Crippen molar-refractivity contribution in [3.63, 3.8) is 0 Å². The van der Waals surface area contributed by atoms with Gasteiger partial charge in [0, 0.05) is 40.0 Å². The van der Waals surface area contributed by atoms with Crippen molar-refractivity contribution in [1.29, 1.82) is 0 Å². The normalized spacial score (nSPS) is 28.8. The third-order valence-electron chi connectivity index (χ3n) is 8.18. The van der Waals surface area contributed by atoms with Crippen LogP contribution in [0.5, 0.6) is 5.75 Å². The van der Waals surface area contributed by atoms with E-state index in [1.165, 1.54) is 0 Å². The molecule has 1 amide bonds. The maximum atomic E-state index is 13.4. The van der Waals surface area contributed by atoms with E-state index >= 15 is 0 Å². The minimum absolute atomic E-state index is 0.160. The fourth-order valence-electron chi connectivity index (χ4n) is 6.87. The van der Waals surface area contributed by atoms with E-state index in [2.05, 4.69) is 26.6 Å². The topological polar surface area (TPSA) is 87.7 Å². The molecule has 0 radical (unpaired) electrons. The van der Waals surface area contributed by atoms with Crippen LogP contribution in [0.1, 0.15) is 51.9 Å². The zero-order chi connectivity index (χ0) is 22.7. The second-order valence-electron chi connectivity index (χ2n) is 9.72. The van der Waals surface area contributed by atoms with Gasteiger partial charge in [-0.25, -0.2) is 0 Å². The van der Waals surface area contributed by atoms with Crippen LogP contribution in [0.15, 0.2) is 34.8 Å². The first-order valence-corrected chi connectivity index (χ1v) is 12.6. The minimum atomic E-state index is -0.461. The number of aliphatic hydroxyl groups excluding tert-OH is 1. The number of amides is 1. The number of halogens is 1. The molecule has 2 fully saturated rings. The van der Waals surface area contributed by atoms with Gasteiger partial charge in [-0.2, -0.15) is 0 Å². The molecular weight excluding hydrogens is 484 g/mol.